The number of benzene rings is 3. The number of carbonyl (C=O) groups excluding carboxylic acids is 7. The molecule has 19 nitrogen and oxygen atoms in total. The van der Waals surface area contributed by atoms with Crippen molar-refractivity contribution in [2.45, 2.75) is 90.0 Å². The molecule has 0 bridgehead atoms. The second-order valence-electron chi connectivity index (χ2n) is 18.1. The van der Waals surface area contributed by atoms with Crippen LogP contribution in [0.3, 0.4) is 0 Å². The number of carbonyl (C=O) groups is 7. The molecule has 19 heteroatoms. The zero-order valence-electron chi connectivity index (χ0n) is 40.5. The lowest BCUT2D eigenvalue weighted by Crippen LogP contribution is -2.54. The van der Waals surface area contributed by atoms with Crippen LogP contribution in [0.4, 0.5) is 28.7 Å². The van der Waals surface area contributed by atoms with Crippen molar-refractivity contribution >= 4 is 81.1 Å². The van der Waals surface area contributed by atoms with Crippen LogP contribution in [0, 0.1) is 6.92 Å². The van der Waals surface area contributed by atoms with E-state index in [0.29, 0.717) is 72.9 Å². The Hall–Kier alpha value is -8.22. The van der Waals surface area contributed by atoms with E-state index in [4.69, 9.17) is 9.72 Å². The molecule has 374 valence electrons. The van der Waals surface area contributed by atoms with Crippen LogP contribution in [-0.2, 0) is 24.0 Å². The predicted molar refractivity (Wildman–Crippen MR) is 272 cm³/mol. The van der Waals surface area contributed by atoms with Crippen molar-refractivity contribution in [1.29, 1.82) is 0 Å². The Kier molecular flexibility index (Phi) is 15.8. The van der Waals surface area contributed by atoms with Gasteiger partial charge >= 0.3 is 0 Å². The summed E-state index contributed by atoms with van der Waals surface area (Å²) in [6, 6.07) is 17.8. The molecular formula is C53H58N10O9. The molecule has 1 atom stereocenters. The fraction of sp³-hybridized carbons (Fsp3) is 0.358. The van der Waals surface area contributed by atoms with Crippen molar-refractivity contribution in [3.63, 3.8) is 0 Å². The van der Waals surface area contributed by atoms with Crippen molar-refractivity contribution in [1.82, 2.24) is 29.7 Å². The number of fused-ring (bicyclic) bond motifs is 2. The van der Waals surface area contributed by atoms with Crippen molar-refractivity contribution in [2.24, 2.45) is 0 Å². The average Bonchev–Trinajstić information content (AvgIpc) is 3.63. The third kappa shape index (κ3) is 11.4. The van der Waals surface area contributed by atoms with Crippen LogP contribution >= 0.6 is 0 Å². The van der Waals surface area contributed by atoms with Gasteiger partial charge in [0.1, 0.15) is 11.8 Å². The van der Waals surface area contributed by atoms with Crippen molar-refractivity contribution in [3.8, 4) is 11.4 Å². The number of methoxy groups -OCH3 is 1. The van der Waals surface area contributed by atoms with Gasteiger partial charge in [0.2, 0.25) is 35.5 Å². The van der Waals surface area contributed by atoms with Gasteiger partial charge in [-0.2, -0.15) is 4.98 Å². The van der Waals surface area contributed by atoms with E-state index in [2.05, 4.69) is 37.7 Å². The molecule has 4 N–H and O–H groups in total. The number of piperidine rings is 1. The highest BCUT2D eigenvalue weighted by Crippen LogP contribution is 2.34. The van der Waals surface area contributed by atoms with E-state index in [9.17, 15) is 38.4 Å². The molecule has 5 aromatic rings. The minimum absolute atomic E-state index is 0.0231. The summed E-state index contributed by atoms with van der Waals surface area (Å²) >= 11 is 0. The number of aromatic nitrogens is 3. The van der Waals surface area contributed by atoms with Gasteiger partial charge in [-0.25, -0.2) is 4.98 Å². The van der Waals surface area contributed by atoms with Gasteiger partial charge in [0.15, 0.2) is 5.65 Å². The molecule has 2 fully saturated rings. The molecule has 3 aromatic carbocycles. The molecule has 2 aromatic heterocycles. The molecule has 5 heterocycles. The number of ether oxygens (including phenoxy) is 1. The number of aryl methyl sites for hydroxylation is 1. The van der Waals surface area contributed by atoms with Gasteiger partial charge in [0.25, 0.3) is 17.4 Å². The first-order valence-corrected chi connectivity index (χ1v) is 24.4. The number of hydrogen-bond acceptors (Lipinski definition) is 13. The van der Waals surface area contributed by atoms with E-state index in [1.54, 1.807) is 49.7 Å². The number of imide groups is 2. The molecule has 1 unspecified atom stereocenters. The molecular weight excluding hydrogens is 921 g/mol. The highest BCUT2D eigenvalue weighted by molar-refractivity contribution is 6.26. The molecule has 2 saturated heterocycles. The Morgan fingerprint density at radius 3 is 2.25 bits per heavy atom. The van der Waals surface area contributed by atoms with Gasteiger partial charge in [0, 0.05) is 80.5 Å². The third-order valence-electron chi connectivity index (χ3n) is 13.2. The summed E-state index contributed by atoms with van der Waals surface area (Å²) in [5.74, 6) is -2.07. The number of hydrogen-bond donors (Lipinski definition) is 4. The van der Waals surface area contributed by atoms with Gasteiger partial charge in [-0.3, -0.25) is 53.1 Å². The quantitative estimate of drug-likeness (QED) is 0.0368. The average molecular weight is 979 g/mol. The van der Waals surface area contributed by atoms with Gasteiger partial charge in [0.05, 0.1) is 35.3 Å². The summed E-state index contributed by atoms with van der Waals surface area (Å²) in [4.78, 5) is 116. The Morgan fingerprint density at radius 1 is 0.806 bits per heavy atom. The maximum Gasteiger partial charge on any atom is 0.264 e. The molecule has 0 saturated carbocycles. The fourth-order valence-corrected chi connectivity index (χ4v) is 9.41. The Bertz CT molecular complexity index is 3020. The molecule has 72 heavy (non-hydrogen) atoms. The summed E-state index contributed by atoms with van der Waals surface area (Å²) in [5, 5.41) is 11.6. The Labute approximate surface area is 416 Å². The maximum absolute atomic E-state index is 13.4. The first kappa shape index (κ1) is 50.2. The first-order valence-electron chi connectivity index (χ1n) is 24.4. The third-order valence-corrected chi connectivity index (χ3v) is 13.2. The van der Waals surface area contributed by atoms with Crippen molar-refractivity contribution in [3.05, 3.63) is 113 Å². The number of unbranched alkanes of at least 4 members (excludes halogenated alkanes) is 7. The maximum atomic E-state index is 13.4. The van der Waals surface area contributed by atoms with E-state index in [1.807, 2.05) is 30.0 Å². The number of nitrogens with zero attached hydrogens (tertiary/aromatic N) is 6. The number of anilines is 5. The second-order valence-corrected chi connectivity index (χ2v) is 18.1. The highest BCUT2D eigenvalue weighted by atomic mass is 16.5. The summed E-state index contributed by atoms with van der Waals surface area (Å²) in [6.45, 7) is 7.90. The molecule has 0 spiro atoms. The van der Waals surface area contributed by atoms with Crippen LogP contribution in [0.25, 0.3) is 16.7 Å². The van der Waals surface area contributed by atoms with Crippen LogP contribution in [0.15, 0.2) is 90.4 Å². The van der Waals surface area contributed by atoms with Gasteiger partial charge in [-0.05, 0) is 80.3 Å². The number of nitrogens with one attached hydrogen (secondary N) is 4. The number of piperazine rings is 1. The first-order chi connectivity index (χ1) is 34.8. The van der Waals surface area contributed by atoms with E-state index < -0.39 is 29.7 Å². The Morgan fingerprint density at radius 2 is 1.53 bits per heavy atom. The van der Waals surface area contributed by atoms with Crippen LogP contribution in [0.5, 0.6) is 5.75 Å². The van der Waals surface area contributed by atoms with Gasteiger partial charge in [-0.15, -0.1) is 0 Å². The van der Waals surface area contributed by atoms with Gasteiger partial charge < -0.3 is 30.5 Å². The standard InChI is InChI=1S/C53H58N10O9/c1-4-43(64)55-34-15-13-16-36(30-34)62-47(68)29-33(2)38-32-54-53(59-49(38)62)57-39-22-21-35(31-42(39)72-3)60-25-27-61(28-26-60)46(67)20-12-10-8-6-5-7-9-11-19-44(65)56-40-18-14-17-37-48(40)52(71)63(51(37)70)41-23-24-45(66)58-50(41)69/h4,13-18,21-22,29-32,41H,1,5-12,19-20,23-28H2,2-3H3,(H,55,64)(H,56,65)(H,54,57,59)(H,58,66,69). The van der Waals surface area contributed by atoms with E-state index in [1.165, 1.54) is 22.8 Å². The molecule has 0 radical (unpaired) electrons. The number of rotatable bonds is 20. The van der Waals surface area contributed by atoms with E-state index in [0.717, 1.165) is 61.1 Å². The lowest BCUT2D eigenvalue weighted by Gasteiger charge is -2.36. The van der Waals surface area contributed by atoms with Crippen molar-refractivity contribution < 1.29 is 38.3 Å². The van der Waals surface area contributed by atoms with Gasteiger partial charge in [-0.1, -0.05) is 57.2 Å². The summed E-state index contributed by atoms with van der Waals surface area (Å²) < 4.78 is 7.27. The SMILES string of the molecule is C=CC(=O)Nc1cccc(-n2c(=O)cc(C)c3cnc(Nc4ccc(N5CCN(C(=O)CCCCCCCCCCC(=O)Nc6cccc7c6C(=O)N(C6CCC(=O)NC6=O)C7=O)CC5)cc4OC)nc32)c1. The largest absolute Gasteiger partial charge is 0.494 e. The predicted octanol–water partition coefficient (Wildman–Crippen LogP) is 6.56. The molecule has 8 rings (SSSR count). The zero-order valence-corrected chi connectivity index (χ0v) is 40.5. The topological polar surface area (TPSA) is 234 Å². The highest BCUT2D eigenvalue weighted by Gasteiger charge is 2.45. The molecule has 0 aliphatic carbocycles. The number of amides is 7. The Balaban J connectivity index is 0.732. The molecule has 7 amide bonds. The minimum Gasteiger partial charge on any atom is -0.494 e. The molecule has 3 aliphatic heterocycles. The summed E-state index contributed by atoms with van der Waals surface area (Å²) in [7, 11) is 1.59. The monoisotopic (exact) mass is 978 g/mol. The lowest BCUT2D eigenvalue weighted by molar-refractivity contribution is -0.136. The van der Waals surface area contributed by atoms with Crippen molar-refractivity contribution in [2.75, 3.05) is 54.1 Å². The van der Waals surface area contributed by atoms with Crippen LogP contribution in [0.2, 0.25) is 0 Å². The van der Waals surface area contributed by atoms with Crippen LogP contribution in [0.1, 0.15) is 103 Å². The van der Waals surface area contributed by atoms with Crippen LogP contribution in [-0.4, -0.2) is 105 Å². The van der Waals surface area contributed by atoms with E-state index in [-0.39, 0.29) is 65.3 Å². The van der Waals surface area contributed by atoms with Crippen LogP contribution < -0.4 is 36.5 Å². The molecule has 3 aliphatic rings. The fourth-order valence-electron chi connectivity index (χ4n) is 9.41. The summed E-state index contributed by atoms with van der Waals surface area (Å²) in [6.07, 6.45) is 11.1. The van der Waals surface area contributed by atoms with E-state index >= 15 is 0 Å². The smallest absolute Gasteiger partial charge is 0.264 e. The normalized spacial score (nSPS) is 15.6. The summed E-state index contributed by atoms with van der Waals surface area (Å²) in [5.41, 5.74) is 3.82. The minimum atomic E-state index is -1.08. The lowest BCUT2D eigenvalue weighted by atomic mass is 10.0. The zero-order chi connectivity index (χ0) is 50.9. The number of pyridine rings is 1. The second kappa shape index (κ2) is 22.7.